The number of Topliss-reactive ketones (excluding diaryl/α,β-unsaturated/α-hetero) is 3. The highest BCUT2D eigenvalue weighted by atomic mass is 32.1. The molecule has 64 heavy (non-hydrogen) atoms. The highest BCUT2D eigenvalue weighted by Gasteiger charge is 2.57. The number of nitrogens with zero attached hydrogens (tertiary/aromatic N) is 1. The number of piperidine rings is 1. The van der Waals surface area contributed by atoms with E-state index < -0.39 is 71.3 Å². The van der Waals surface area contributed by atoms with Gasteiger partial charge in [0.15, 0.2) is 11.6 Å². The van der Waals surface area contributed by atoms with E-state index in [0.29, 0.717) is 75.3 Å². The summed E-state index contributed by atoms with van der Waals surface area (Å²) in [5.74, 6) is -9.18. The standard InChI is InChI=1S/C49H73NO13S/c1-10-35-22-29(2)21-30(3)26-48(59-8,60-9)43-17-14-32(5)49(57,63-43)45(54)46(55)50-19-12-11-13-37(50)47(56)62-44(33(6)38(51)25-39(35)52)31(4)23-34-15-16-41(42(24-34)58-7)61-27-40(53)36-18-20-64-28-36/h18,20,22-23,28,30,32-35,37-38,41-44,51,57H,10-17,19,21,24-27H2,1-9H3. The molecule has 0 spiro atoms. The zero-order chi connectivity index (χ0) is 46.9. The van der Waals surface area contributed by atoms with E-state index in [1.807, 2.05) is 45.2 Å². The van der Waals surface area contributed by atoms with Gasteiger partial charge >= 0.3 is 5.97 Å². The SMILES string of the molecule is CCC1C=C(C)CC(C)CC(OC)(OC)C2CCC(C)C(O)(O2)C(=O)C(=O)N2CCCCC2C(=O)OC(C(C)=CC2CCC(OCC(=O)c3ccsc3)C(OC)C2)C(C)C(O)CC1=O. The van der Waals surface area contributed by atoms with Crippen molar-refractivity contribution < 1.29 is 62.6 Å². The summed E-state index contributed by atoms with van der Waals surface area (Å²) >= 11 is 1.45. The number of fused-ring (bicyclic) bond motifs is 3. The third-order valence-corrected chi connectivity index (χ3v) is 14.9. The van der Waals surface area contributed by atoms with Crippen LogP contribution in [0.25, 0.3) is 0 Å². The van der Waals surface area contributed by atoms with Crippen molar-refractivity contribution in [2.75, 3.05) is 34.5 Å². The van der Waals surface area contributed by atoms with Crippen molar-refractivity contribution in [1.82, 2.24) is 4.90 Å². The first kappa shape index (κ1) is 51.8. The monoisotopic (exact) mass is 915 g/mol. The van der Waals surface area contributed by atoms with Crippen LogP contribution in [-0.2, 0) is 47.6 Å². The van der Waals surface area contributed by atoms with Crippen LogP contribution in [0, 0.1) is 29.6 Å². The molecule has 1 amide bonds. The van der Waals surface area contributed by atoms with Crippen LogP contribution in [0.1, 0.15) is 129 Å². The van der Waals surface area contributed by atoms with E-state index in [9.17, 15) is 34.2 Å². The Bertz CT molecular complexity index is 1820. The van der Waals surface area contributed by atoms with E-state index in [4.69, 9.17) is 28.4 Å². The molecule has 2 bridgehead atoms. The number of hydrogen-bond acceptors (Lipinski definition) is 14. The number of allylic oxidation sites excluding steroid dienone is 3. The Hall–Kier alpha value is -3.15. The quantitative estimate of drug-likeness (QED) is 0.0823. The summed E-state index contributed by atoms with van der Waals surface area (Å²) in [7, 11) is 4.58. The number of hydrogen-bond donors (Lipinski definition) is 2. The number of aliphatic hydroxyl groups excluding tert-OH is 1. The van der Waals surface area contributed by atoms with Gasteiger partial charge in [-0.2, -0.15) is 11.3 Å². The summed E-state index contributed by atoms with van der Waals surface area (Å²) in [5, 5.41) is 27.6. The second-order valence-electron chi connectivity index (χ2n) is 18.9. The number of carbonyl (C=O) groups is 5. The van der Waals surface area contributed by atoms with Crippen molar-refractivity contribution in [3.8, 4) is 0 Å². The van der Waals surface area contributed by atoms with Crippen molar-refractivity contribution in [1.29, 1.82) is 0 Å². The van der Waals surface area contributed by atoms with Gasteiger partial charge in [-0.3, -0.25) is 19.2 Å². The number of methoxy groups -OCH3 is 3. The first-order valence-electron chi connectivity index (χ1n) is 23.2. The van der Waals surface area contributed by atoms with Gasteiger partial charge in [-0.25, -0.2) is 4.79 Å². The summed E-state index contributed by atoms with van der Waals surface area (Å²) in [6, 6.07) is 0.619. The summed E-state index contributed by atoms with van der Waals surface area (Å²) in [6.45, 7) is 11.2. The van der Waals surface area contributed by atoms with Crippen molar-refractivity contribution in [3.05, 3.63) is 45.7 Å². The summed E-state index contributed by atoms with van der Waals surface area (Å²) in [6.07, 6.45) is 5.39. The third-order valence-electron chi connectivity index (χ3n) is 14.3. The normalized spacial score (nSPS) is 35.5. The topological polar surface area (TPSA) is 184 Å². The number of amides is 1. The fourth-order valence-electron chi connectivity index (χ4n) is 10.3. The first-order valence-corrected chi connectivity index (χ1v) is 24.2. The molecule has 4 heterocycles. The molecular formula is C49H73NO13S. The maximum Gasteiger partial charge on any atom is 0.329 e. The van der Waals surface area contributed by atoms with Gasteiger partial charge in [0.2, 0.25) is 5.79 Å². The van der Waals surface area contributed by atoms with Crippen LogP contribution in [-0.4, -0.2) is 127 Å². The molecule has 1 aromatic heterocycles. The molecule has 0 radical (unpaired) electrons. The van der Waals surface area contributed by atoms with Gasteiger partial charge in [0.1, 0.15) is 30.6 Å². The zero-order valence-corrected chi connectivity index (χ0v) is 40.2. The van der Waals surface area contributed by atoms with E-state index in [-0.39, 0.29) is 61.6 Å². The Balaban J connectivity index is 1.47. The molecule has 1 aromatic rings. The number of ketones is 3. The zero-order valence-electron chi connectivity index (χ0n) is 39.4. The van der Waals surface area contributed by atoms with Gasteiger partial charge in [-0.1, -0.05) is 45.4 Å². The number of aliphatic hydroxyl groups is 2. The summed E-state index contributed by atoms with van der Waals surface area (Å²) in [5.41, 5.74) is 2.23. The highest BCUT2D eigenvalue weighted by Crippen LogP contribution is 2.42. The second-order valence-corrected chi connectivity index (χ2v) is 19.7. The molecule has 3 fully saturated rings. The van der Waals surface area contributed by atoms with Crippen molar-refractivity contribution in [3.63, 3.8) is 0 Å². The van der Waals surface area contributed by atoms with Gasteiger partial charge < -0.3 is 43.5 Å². The molecule has 0 aromatic carbocycles. The van der Waals surface area contributed by atoms with Crippen LogP contribution in [0.15, 0.2) is 40.1 Å². The molecule has 15 heteroatoms. The lowest BCUT2D eigenvalue weighted by molar-refractivity contribution is -0.344. The highest BCUT2D eigenvalue weighted by molar-refractivity contribution is 7.08. The maximum atomic E-state index is 14.5. The molecule has 4 aliphatic rings. The van der Waals surface area contributed by atoms with Crippen LogP contribution < -0.4 is 0 Å². The minimum atomic E-state index is -2.52. The van der Waals surface area contributed by atoms with E-state index in [1.165, 1.54) is 30.5 Å². The van der Waals surface area contributed by atoms with Crippen LogP contribution in [0.5, 0.6) is 0 Å². The molecule has 2 saturated heterocycles. The molecule has 14 nitrogen and oxygen atoms in total. The molecule has 12 unspecified atom stereocenters. The molecule has 12 atom stereocenters. The predicted molar refractivity (Wildman–Crippen MR) is 240 cm³/mol. The van der Waals surface area contributed by atoms with E-state index in [2.05, 4.69) is 0 Å². The number of ether oxygens (including phenoxy) is 6. The maximum absolute atomic E-state index is 14.5. The molecule has 358 valence electrons. The number of rotatable bonds is 10. The van der Waals surface area contributed by atoms with E-state index >= 15 is 0 Å². The Labute approximate surface area is 383 Å². The van der Waals surface area contributed by atoms with Crippen LogP contribution >= 0.6 is 11.3 Å². The number of thiophene rings is 1. The fourth-order valence-corrected chi connectivity index (χ4v) is 11.0. The minimum Gasteiger partial charge on any atom is -0.456 e. The smallest absolute Gasteiger partial charge is 0.329 e. The number of esters is 1. The third kappa shape index (κ3) is 12.0. The van der Waals surface area contributed by atoms with Gasteiger partial charge in [-0.05, 0) is 107 Å². The van der Waals surface area contributed by atoms with E-state index in [1.54, 1.807) is 32.4 Å². The Morgan fingerprint density at radius 2 is 1.73 bits per heavy atom. The lowest BCUT2D eigenvalue weighted by Gasteiger charge is -2.48. The van der Waals surface area contributed by atoms with Crippen LogP contribution in [0.4, 0.5) is 0 Å². The largest absolute Gasteiger partial charge is 0.456 e. The van der Waals surface area contributed by atoms with Crippen molar-refractivity contribution in [2.24, 2.45) is 29.6 Å². The Morgan fingerprint density at radius 3 is 2.39 bits per heavy atom. The van der Waals surface area contributed by atoms with Gasteiger partial charge in [0.25, 0.3) is 11.7 Å². The average molecular weight is 916 g/mol. The van der Waals surface area contributed by atoms with Crippen LogP contribution in [0.3, 0.4) is 0 Å². The Morgan fingerprint density at radius 1 is 1.00 bits per heavy atom. The van der Waals surface area contributed by atoms with Crippen LogP contribution in [0.2, 0.25) is 0 Å². The predicted octanol–water partition coefficient (Wildman–Crippen LogP) is 6.79. The van der Waals surface area contributed by atoms with Gasteiger partial charge in [-0.15, -0.1) is 0 Å². The van der Waals surface area contributed by atoms with Gasteiger partial charge in [0.05, 0.1) is 18.3 Å². The lowest BCUT2D eigenvalue weighted by Crippen LogP contribution is -2.64. The molecular weight excluding hydrogens is 843 g/mol. The number of cyclic esters (lactones) is 1. The number of carbonyl (C=O) groups excluding carboxylic acids is 5. The molecule has 3 aliphatic heterocycles. The molecule has 1 saturated carbocycles. The average Bonchev–Trinajstić information content (AvgIpc) is 3.84. The summed E-state index contributed by atoms with van der Waals surface area (Å²) in [4.78, 5) is 71.0. The minimum absolute atomic E-state index is 0.0328. The molecule has 1 aliphatic carbocycles. The summed E-state index contributed by atoms with van der Waals surface area (Å²) < 4.78 is 36.5. The van der Waals surface area contributed by atoms with Gasteiger partial charge in [0, 0.05) is 69.4 Å². The second kappa shape index (κ2) is 23.0. The molecule has 2 N–H and O–H groups in total. The van der Waals surface area contributed by atoms with Crippen molar-refractivity contribution in [2.45, 2.75) is 167 Å². The lowest BCUT2D eigenvalue weighted by atomic mass is 9.81. The first-order chi connectivity index (χ1) is 30.4. The fraction of sp³-hybridized carbons (Fsp3) is 0.735. The van der Waals surface area contributed by atoms with E-state index in [0.717, 1.165) is 5.57 Å². The Kier molecular flexibility index (Phi) is 18.7. The molecule has 5 rings (SSSR count). The van der Waals surface area contributed by atoms with Crippen molar-refractivity contribution >= 4 is 40.6 Å².